The molecule has 0 unspecified atom stereocenters. The Morgan fingerprint density at radius 1 is 1.08 bits per heavy atom. The number of aryl methyl sites for hydroxylation is 1. The number of amides is 1. The van der Waals surface area contributed by atoms with E-state index in [2.05, 4.69) is 49.2 Å². The summed E-state index contributed by atoms with van der Waals surface area (Å²) in [6, 6.07) is 6.46. The maximum Gasteiger partial charge on any atom is 0.230 e. The molecule has 0 saturated heterocycles. The summed E-state index contributed by atoms with van der Waals surface area (Å²) in [5.74, 6) is 2.72. The third-order valence-electron chi connectivity index (χ3n) is 7.11. The molecular weight excluding hydrogens is 308 g/mol. The van der Waals surface area contributed by atoms with Crippen LogP contribution in [0.1, 0.15) is 57.9 Å². The smallest absolute Gasteiger partial charge is 0.230 e. The zero-order chi connectivity index (χ0) is 17.6. The predicted molar refractivity (Wildman–Crippen MR) is 104 cm³/mol. The summed E-state index contributed by atoms with van der Waals surface area (Å²) in [4.78, 5) is 15.6. The number of rotatable bonds is 5. The lowest BCUT2D eigenvalue weighted by Crippen LogP contribution is -2.51. The Balaban J connectivity index is 1.51. The van der Waals surface area contributed by atoms with E-state index in [9.17, 15) is 4.79 Å². The summed E-state index contributed by atoms with van der Waals surface area (Å²) < 4.78 is 0. The normalized spacial score (nSPS) is 32.7. The first kappa shape index (κ1) is 16.9. The Hall–Kier alpha value is -1.51. The minimum Gasteiger partial charge on any atom is -0.372 e. The number of nitrogens with zero attached hydrogens (tertiary/aromatic N) is 1. The van der Waals surface area contributed by atoms with E-state index in [-0.39, 0.29) is 5.41 Å². The van der Waals surface area contributed by atoms with Gasteiger partial charge in [-0.05, 0) is 101 Å². The number of benzene rings is 1. The fourth-order valence-corrected chi connectivity index (χ4v) is 6.22. The molecule has 4 aliphatic rings. The van der Waals surface area contributed by atoms with Crippen molar-refractivity contribution in [1.82, 2.24) is 0 Å². The molecule has 1 aromatic carbocycles. The average molecular weight is 341 g/mol. The second-order valence-electron chi connectivity index (χ2n) is 8.82. The monoisotopic (exact) mass is 340 g/mol. The van der Waals surface area contributed by atoms with Crippen molar-refractivity contribution in [2.45, 2.75) is 59.3 Å². The maximum atomic E-state index is 13.2. The first-order chi connectivity index (χ1) is 12.0. The Bertz CT molecular complexity index is 627. The average Bonchev–Trinajstić information content (AvgIpc) is 2.57. The van der Waals surface area contributed by atoms with Gasteiger partial charge in [0.25, 0.3) is 0 Å². The zero-order valence-corrected chi connectivity index (χ0v) is 16.0. The van der Waals surface area contributed by atoms with Crippen LogP contribution in [0.4, 0.5) is 11.4 Å². The van der Waals surface area contributed by atoms with Crippen molar-refractivity contribution >= 4 is 17.3 Å². The Kier molecular flexibility index (Phi) is 4.29. The summed E-state index contributed by atoms with van der Waals surface area (Å²) in [5, 5.41) is 3.31. The van der Waals surface area contributed by atoms with Gasteiger partial charge in [0.15, 0.2) is 0 Å². The molecule has 5 rings (SSSR count). The van der Waals surface area contributed by atoms with Crippen molar-refractivity contribution < 1.29 is 4.79 Å². The molecule has 0 aromatic heterocycles. The van der Waals surface area contributed by atoms with Gasteiger partial charge in [0.05, 0.1) is 5.41 Å². The number of carbonyl (C=O) groups is 1. The molecule has 4 fully saturated rings. The van der Waals surface area contributed by atoms with E-state index < -0.39 is 0 Å². The third kappa shape index (κ3) is 2.96. The Morgan fingerprint density at radius 3 is 2.12 bits per heavy atom. The number of hydrogen-bond donors (Lipinski definition) is 1. The van der Waals surface area contributed by atoms with Gasteiger partial charge in [-0.15, -0.1) is 0 Å². The van der Waals surface area contributed by atoms with E-state index >= 15 is 0 Å². The predicted octanol–water partition coefficient (Wildman–Crippen LogP) is 5.00. The molecule has 4 aliphatic carbocycles. The molecule has 1 N–H and O–H groups in total. The molecule has 25 heavy (non-hydrogen) atoms. The Labute approximate surface area is 152 Å². The summed E-state index contributed by atoms with van der Waals surface area (Å²) >= 11 is 0. The summed E-state index contributed by atoms with van der Waals surface area (Å²) in [5.41, 5.74) is 3.34. The van der Waals surface area contributed by atoms with E-state index in [0.717, 1.165) is 55.8 Å². The molecule has 136 valence electrons. The highest BCUT2D eigenvalue weighted by Crippen LogP contribution is 2.60. The van der Waals surface area contributed by atoms with Crippen molar-refractivity contribution in [2.75, 3.05) is 23.3 Å². The van der Waals surface area contributed by atoms with Crippen LogP contribution in [-0.4, -0.2) is 19.0 Å². The molecule has 0 radical (unpaired) electrons. The van der Waals surface area contributed by atoms with Gasteiger partial charge in [0, 0.05) is 24.5 Å². The van der Waals surface area contributed by atoms with Crippen LogP contribution in [0, 0.1) is 30.1 Å². The van der Waals surface area contributed by atoms with Crippen LogP contribution in [0.5, 0.6) is 0 Å². The maximum absolute atomic E-state index is 13.2. The van der Waals surface area contributed by atoms with Crippen molar-refractivity contribution in [1.29, 1.82) is 0 Å². The fraction of sp³-hybridized carbons (Fsp3) is 0.682. The standard InChI is InChI=1S/C22H32N2O/c1-4-24(5-2)19-6-7-20(15(3)8-19)23-21(25)22-12-16-9-17(13-22)11-18(10-16)14-22/h6-8,16-18H,4-5,9-14H2,1-3H3,(H,23,25). The van der Waals surface area contributed by atoms with Crippen LogP contribution in [0.3, 0.4) is 0 Å². The largest absolute Gasteiger partial charge is 0.372 e. The third-order valence-corrected chi connectivity index (χ3v) is 7.11. The van der Waals surface area contributed by atoms with Gasteiger partial charge in [-0.25, -0.2) is 0 Å². The van der Waals surface area contributed by atoms with Crippen LogP contribution in [0.15, 0.2) is 18.2 Å². The molecule has 1 amide bonds. The second-order valence-corrected chi connectivity index (χ2v) is 8.82. The fourth-order valence-electron chi connectivity index (χ4n) is 6.22. The van der Waals surface area contributed by atoms with Crippen molar-refractivity contribution in [3.63, 3.8) is 0 Å². The quantitative estimate of drug-likeness (QED) is 0.818. The van der Waals surface area contributed by atoms with Crippen LogP contribution in [0.25, 0.3) is 0 Å². The lowest BCUT2D eigenvalue weighted by atomic mass is 9.49. The number of nitrogens with one attached hydrogen (secondary N) is 1. The van der Waals surface area contributed by atoms with E-state index in [1.165, 1.54) is 30.5 Å². The molecule has 0 aliphatic heterocycles. The lowest BCUT2D eigenvalue weighted by molar-refractivity contribution is -0.140. The van der Waals surface area contributed by atoms with Crippen molar-refractivity contribution in [3.05, 3.63) is 23.8 Å². The topological polar surface area (TPSA) is 32.3 Å². The van der Waals surface area contributed by atoms with Gasteiger partial charge in [0.2, 0.25) is 5.91 Å². The summed E-state index contributed by atoms with van der Waals surface area (Å²) in [6.07, 6.45) is 7.52. The van der Waals surface area contributed by atoms with Gasteiger partial charge < -0.3 is 10.2 Å². The highest BCUT2D eigenvalue weighted by atomic mass is 16.2. The van der Waals surface area contributed by atoms with Crippen LogP contribution in [-0.2, 0) is 4.79 Å². The number of anilines is 2. The van der Waals surface area contributed by atoms with E-state index in [4.69, 9.17) is 0 Å². The lowest BCUT2D eigenvalue weighted by Gasteiger charge is -2.55. The minimum atomic E-state index is -0.0707. The molecular formula is C22H32N2O. The molecule has 0 spiro atoms. The van der Waals surface area contributed by atoms with Gasteiger partial charge in [0.1, 0.15) is 0 Å². The molecule has 4 saturated carbocycles. The minimum absolute atomic E-state index is 0.0707. The van der Waals surface area contributed by atoms with Crippen molar-refractivity contribution in [3.8, 4) is 0 Å². The van der Waals surface area contributed by atoms with E-state index in [1.807, 2.05) is 0 Å². The zero-order valence-electron chi connectivity index (χ0n) is 16.0. The molecule has 3 heteroatoms. The van der Waals surface area contributed by atoms with Crippen molar-refractivity contribution in [2.24, 2.45) is 23.2 Å². The highest BCUT2D eigenvalue weighted by molar-refractivity contribution is 5.96. The van der Waals surface area contributed by atoms with Crippen LogP contribution >= 0.6 is 0 Å². The summed E-state index contributed by atoms with van der Waals surface area (Å²) in [7, 11) is 0. The van der Waals surface area contributed by atoms with Gasteiger partial charge in [-0.3, -0.25) is 4.79 Å². The number of hydrogen-bond acceptors (Lipinski definition) is 2. The first-order valence-electron chi connectivity index (χ1n) is 10.2. The molecule has 1 aromatic rings. The molecule has 0 heterocycles. The van der Waals surface area contributed by atoms with Gasteiger partial charge >= 0.3 is 0 Å². The van der Waals surface area contributed by atoms with Gasteiger partial charge in [-0.1, -0.05) is 0 Å². The first-order valence-corrected chi connectivity index (χ1v) is 10.2. The number of carbonyl (C=O) groups excluding carboxylic acids is 1. The second kappa shape index (κ2) is 6.34. The highest BCUT2D eigenvalue weighted by Gasteiger charge is 2.54. The van der Waals surface area contributed by atoms with Crippen LogP contribution in [0.2, 0.25) is 0 Å². The summed E-state index contributed by atoms with van der Waals surface area (Å²) in [6.45, 7) is 8.50. The van der Waals surface area contributed by atoms with Gasteiger partial charge in [-0.2, -0.15) is 0 Å². The van der Waals surface area contributed by atoms with Crippen LogP contribution < -0.4 is 10.2 Å². The molecule has 3 nitrogen and oxygen atoms in total. The SMILES string of the molecule is CCN(CC)c1ccc(NC(=O)C23CC4CC(CC(C4)C2)C3)c(C)c1. The Morgan fingerprint density at radius 2 is 1.64 bits per heavy atom. The van der Waals surface area contributed by atoms with E-state index in [0.29, 0.717) is 5.91 Å². The molecule has 4 bridgehead atoms. The van der Waals surface area contributed by atoms with E-state index in [1.54, 1.807) is 0 Å². The molecule has 0 atom stereocenters.